The lowest BCUT2D eigenvalue weighted by Crippen LogP contribution is -2.42. The largest absolute Gasteiger partial charge is 0.481 e. The van der Waals surface area contributed by atoms with E-state index in [-0.39, 0.29) is 5.91 Å². The van der Waals surface area contributed by atoms with E-state index in [1.54, 1.807) is 16.2 Å². The lowest BCUT2D eigenvalue weighted by Gasteiger charge is -2.30. The number of carbonyl (C=O) groups excluding carboxylic acids is 1. The van der Waals surface area contributed by atoms with Crippen molar-refractivity contribution < 1.29 is 14.7 Å². The predicted molar refractivity (Wildman–Crippen MR) is 87.5 cm³/mol. The van der Waals surface area contributed by atoms with E-state index in [0.29, 0.717) is 31.0 Å². The Hall–Kier alpha value is -1.59. The lowest BCUT2D eigenvalue weighted by molar-refractivity contribution is -0.145. The number of amides is 1. The van der Waals surface area contributed by atoms with Crippen molar-refractivity contribution in [1.29, 1.82) is 0 Å². The molecule has 1 aliphatic heterocycles. The number of carboxylic acid groups (broad SMARTS) is 1. The van der Waals surface area contributed by atoms with Crippen molar-refractivity contribution in [2.75, 3.05) is 13.1 Å². The summed E-state index contributed by atoms with van der Waals surface area (Å²) in [5, 5.41) is 12.8. The van der Waals surface area contributed by atoms with E-state index in [9.17, 15) is 9.59 Å². The Kier molecular flexibility index (Phi) is 4.36. The van der Waals surface area contributed by atoms with Gasteiger partial charge in [0.15, 0.2) is 0 Å². The van der Waals surface area contributed by atoms with Gasteiger partial charge in [0.05, 0.1) is 12.3 Å². The lowest BCUT2D eigenvalue weighted by atomic mass is 9.97. The highest BCUT2D eigenvalue weighted by atomic mass is 35.5. The Morgan fingerprint density at radius 3 is 3.00 bits per heavy atom. The van der Waals surface area contributed by atoms with E-state index in [4.69, 9.17) is 16.7 Å². The van der Waals surface area contributed by atoms with E-state index in [1.807, 2.05) is 23.6 Å². The molecule has 0 bridgehead atoms. The second kappa shape index (κ2) is 6.26. The maximum Gasteiger partial charge on any atom is 0.308 e. The van der Waals surface area contributed by atoms with Gasteiger partial charge in [0.25, 0.3) is 0 Å². The first-order chi connectivity index (χ1) is 10.5. The number of likely N-dealkylation sites (tertiary alicyclic amines) is 1. The quantitative estimate of drug-likeness (QED) is 0.933. The van der Waals surface area contributed by atoms with E-state index >= 15 is 0 Å². The van der Waals surface area contributed by atoms with Crippen LogP contribution in [0.2, 0.25) is 5.02 Å². The molecule has 1 aliphatic rings. The SMILES string of the molecule is O=C(O)C1CCCN(C(=O)Cc2csc3ccc(Cl)cc23)C1. The molecule has 1 aromatic heterocycles. The molecule has 1 atom stereocenters. The number of hydrogen-bond donors (Lipinski definition) is 1. The first kappa shape index (κ1) is 15.3. The molecule has 4 nitrogen and oxygen atoms in total. The summed E-state index contributed by atoms with van der Waals surface area (Å²) in [7, 11) is 0. The minimum Gasteiger partial charge on any atom is -0.481 e. The maximum absolute atomic E-state index is 12.5. The molecule has 1 fully saturated rings. The fraction of sp³-hybridized carbons (Fsp3) is 0.375. The smallest absolute Gasteiger partial charge is 0.308 e. The number of rotatable bonds is 3. The van der Waals surface area contributed by atoms with Crippen molar-refractivity contribution in [3.05, 3.63) is 34.2 Å². The molecule has 1 aromatic carbocycles. The van der Waals surface area contributed by atoms with Gasteiger partial charge in [-0.1, -0.05) is 11.6 Å². The number of fused-ring (bicyclic) bond motifs is 1. The number of piperidine rings is 1. The molecule has 116 valence electrons. The number of carboxylic acids is 1. The summed E-state index contributed by atoms with van der Waals surface area (Å²) in [6, 6.07) is 5.68. The summed E-state index contributed by atoms with van der Waals surface area (Å²) in [5.41, 5.74) is 0.963. The summed E-state index contributed by atoms with van der Waals surface area (Å²) >= 11 is 7.62. The minimum absolute atomic E-state index is 0.00868. The first-order valence-corrected chi connectivity index (χ1v) is 8.46. The molecule has 0 radical (unpaired) electrons. The third kappa shape index (κ3) is 3.10. The van der Waals surface area contributed by atoms with E-state index in [0.717, 1.165) is 22.1 Å². The van der Waals surface area contributed by atoms with Gasteiger partial charge >= 0.3 is 5.97 Å². The van der Waals surface area contributed by atoms with Crippen LogP contribution in [0.3, 0.4) is 0 Å². The molecular formula is C16H16ClNO3S. The van der Waals surface area contributed by atoms with Gasteiger partial charge < -0.3 is 10.0 Å². The second-order valence-electron chi connectivity index (χ2n) is 5.60. The number of aliphatic carboxylic acids is 1. The Labute approximate surface area is 137 Å². The van der Waals surface area contributed by atoms with Gasteiger partial charge in [-0.05, 0) is 47.4 Å². The predicted octanol–water partition coefficient (Wildman–Crippen LogP) is 3.42. The number of hydrogen-bond acceptors (Lipinski definition) is 3. The summed E-state index contributed by atoms with van der Waals surface area (Å²) in [4.78, 5) is 25.2. The molecule has 2 heterocycles. The molecule has 1 N–H and O–H groups in total. The summed E-state index contributed by atoms with van der Waals surface area (Å²) in [5.74, 6) is -1.26. The van der Waals surface area contributed by atoms with Gasteiger partial charge in [-0.2, -0.15) is 0 Å². The van der Waals surface area contributed by atoms with Crippen molar-refractivity contribution in [3.8, 4) is 0 Å². The Morgan fingerprint density at radius 2 is 2.23 bits per heavy atom. The van der Waals surface area contributed by atoms with Crippen LogP contribution in [0.4, 0.5) is 0 Å². The van der Waals surface area contributed by atoms with E-state index in [1.165, 1.54) is 0 Å². The van der Waals surface area contributed by atoms with Gasteiger partial charge in [0.2, 0.25) is 5.91 Å². The van der Waals surface area contributed by atoms with Crippen molar-refractivity contribution >= 4 is 44.9 Å². The zero-order chi connectivity index (χ0) is 15.7. The number of benzene rings is 1. The number of halogens is 1. The Bertz CT molecular complexity index is 727. The van der Waals surface area contributed by atoms with E-state index in [2.05, 4.69) is 0 Å². The molecule has 22 heavy (non-hydrogen) atoms. The van der Waals surface area contributed by atoms with Gasteiger partial charge in [-0.15, -0.1) is 11.3 Å². The molecular weight excluding hydrogens is 322 g/mol. The summed E-state index contributed by atoms with van der Waals surface area (Å²) in [6.07, 6.45) is 1.70. The zero-order valence-electron chi connectivity index (χ0n) is 11.9. The molecule has 6 heteroatoms. The van der Waals surface area contributed by atoms with Crippen LogP contribution in [0.15, 0.2) is 23.6 Å². The molecule has 1 unspecified atom stereocenters. The van der Waals surface area contributed by atoms with E-state index < -0.39 is 11.9 Å². The number of nitrogens with zero attached hydrogens (tertiary/aromatic N) is 1. The third-order valence-corrected chi connectivity index (χ3v) is 5.33. The Morgan fingerprint density at radius 1 is 1.41 bits per heavy atom. The van der Waals surface area contributed by atoms with Crippen LogP contribution in [0.1, 0.15) is 18.4 Å². The number of thiophene rings is 1. The van der Waals surface area contributed by atoms with Crippen LogP contribution in [-0.4, -0.2) is 35.0 Å². The van der Waals surface area contributed by atoms with Crippen LogP contribution in [0.25, 0.3) is 10.1 Å². The van der Waals surface area contributed by atoms with Crippen molar-refractivity contribution in [2.24, 2.45) is 5.92 Å². The van der Waals surface area contributed by atoms with Crippen molar-refractivity contribution in [1.82, 2.24) is 4.90 Å². The van der Waals surface area contributed by atoms with Crippen molar-refractivity contribution in [3.63, 3.8) is 0 Å². The molecule has 0 spiro atoms. The molecule has 1 saturated heterocycles. The third-order valence-electron chi connectivity index (χ3n) is 4.08. The zero-order valence-corrected chi connectivity index (χ0v) is 13.5. The molecule has 0 aliphatic carbocycles. The van der Waals surface area contributed by atoms with Gasteiger partial charge in [-0.25, -0.2) is 0 Å². The second-order valence-corrected chi connectivity index (χ2v) is 6.94. The van der Waals surface area contributed by atoms with Gasteiger partial charge in [0.1, 0.15) is 0 Å². The topological polar surface area (TPSA) is 57.6 Å². The fourth-order valence-corrected chi connectivity index (χ4v) is 3.99. The van der Waals surface area contributed by atoms with Crippen molar-refractivity contribution in [2.45, 2.75) is 19.3 Å². The molecule has 0 saturated carbocycles. The van der Waals surface area contributed by atoms with Crippen LogP contribution in [0, 0.1) is 5.92 Å². The minimum atomic E-state index is -0.815. The van der Waals surface area contributed by atoms with Crippen LogP contribution < -0.4 is 0 Å². The highest BCUT2D eigenvalue weighted by Crippen LogP contribution is 2.29. The molecule has 1 amide bonds. The number of carbonyl (C=O) groups is 2. The molecule has 2 aromatic rings. The van der Waals surface area contributed by atoms with Crippen LogP contribution in [0.5, 0.6) is 0 Å². The maximum atomic E-state index is 12.5. The van der Waals surface area contributed by atoms with Gasteiger partial charge in [-0.3, -0.25) is 9.59 Å². The van der Waals surface area contributed by atoms with Crippen LogP contribution >= 0.6 is 22.9 Å². The average Bonchev–Trinajstić information content (AvgIpc) is 2.89. The molecule has 3 rings (SSSR count). The van der Waals surface area contributed by atoms with Crippen LogP contribution in [-0.2, 0) is 16.0 Å². The fourth-order valence-electron chi connectivity index (χ4n) is 2.87. The summed E-state index contributed by atoms with van der Waals surface area (Å²) in [6.45, 7) is 0.961. The van der Waals surface area contributed by atoms with Gasteiger partial charge in [0, 0.05) is 22.8 Å². The standard InChI is InChI=1S/C16H16ClNO3S/c17-12-3-4-14-13(7-12)11(9-22-14)6-15(19)18-5-1-2-10(8-18)16(20)21/h3-4,7,9-10H,1-2,5-6,8H2,(H,20,21). The first-order valence-electron chi connectivity index (χ1n) is 7.21. The highest BCUT2D eigenvalue weighted by molar-refractivity contribution is 7.17. The average molecular weight is 338 g/mol. The highest BCUT2D eigenvalue weighted by Gasteiger charge is 2.28. The summed E-state index contributed by atoms with van der Waals surface area (Å²) < 4.78 is 1.11. The normalized spacial score (nSPS) is 18.6. The Balaban J connectivity index is 1.75. The monoisotopic (exact) mass is 337 g/mol.